The Hall–Kier alpha value is -2.50. The standard InChI is InChI=1S/C12H11N3O3/c1-8(16)11-4-3-10(7-12(11)15(17)18)14-6-5-13-9(14)2/h3-7H,1-2H3. The van der Waals surface area contributed by atoms with Gasteiger partial charge in [0.25, 0.3) is 5.69 Å². The molecule has 0 radical (unpaired) electrons. The molecule has 0 aliphatic carbocycles. The van der Waals surface area contributed by atoms with Gasteiger partial charge < -0.3 is 4.57 Å². The van der Waals surface area contributed by atoms with Gasteiger partial charge in [-0.05, 0) is 26.0 Å². The average Bonchev–Trinajstić information content (AvgIpc) is 2.74. The van der Waals surface area contributed by atoms with E-state index in [-0.39, 0.29) is 17.0 Å². The first-order valence-electron chi connectivity index (χ1n) is 5.30. The van der Waals surface area contributed by atoms with Gasteiger partial charge in [0.1, 0.15) is 5.82 Å². The van der Waals surface area contributed by atoms with Gasteiger partial charge in [-0.15, -0.1) is 0 Å². The average molecular weight is 245 g/mol. The van der Waals surface area contributed by atoms with Gasteiger partial charge in [0.2, 0.25) is 0 Å². The summed E-state index contributed by atoms with van der Waals surface area (Å²) in [7, 11) is 0. The van der Waals surface area contributed by atoms with Gasteiger partial charge in [-0.3, -0.25) is 14.9 Å². The van der Waals surface area contributed by atoms with Crippen LogP contribution in [0.3, 0.4) is 0 Å². The van der Waals surface area contributed by atoms with Gasteiger partial charge in [0, 0.05) is 18.5 Å². The maximum Gasteiger partial charge on any atom is 0.282 e. The van der Waals surface area contributed by atoms with Crippen molar-refractivity contribution in [2.75, 3.05) is 0 Å². The van der Waals surface area contributed by atoms with Crippen molar-refractivity contribution in [2.24, 2.45) is 0 Å². The normalized spacial score (nSPS) is 10.3. The number of carbonyl (C=O) groups is 1. The maximum absolute atomic E-state index is 11.3. The van der Waals surface area contributed by atoms with Crippen LogP contribution in [0.15, 0.2) is 30.6 Å². The van der Waals surface area contributed by atoms with Gasteiger partial charge in [-0.2, -0.15) is 0 Å². The molecule has 1 heterocycles. The molecule has 0 fully saturated rings. The molecule has 6 heteroatoms. The molecular formula is C12H11N3O3. The van der Waals surface area contributed by atoms with Crippen molar-refractivity contribution < 1.29 is 9.72 Å². The van der Waals surface area contributed by atoms with Crippen molar-refractivity contribution in [1.82, 2.24) is 9.55 Å². The van der Waals surface area contributed by atoms with E-state index in [9.17, 15) is 14.9 Å². The Bertz CT molecular complexity index is 631. The second-order valence-electron chi connectivity index (χ2n) is 3.86. The van der Waals surface area contributed by atoms with Gasteiger partial charge in [0.05, 0.1) is 16.2 Å². The molecule has 0 aliphatic heterocycles. The molecule has 0 spiro atoms. The minimum absolute atomic E-state index is 0.113. The third-order valence-electron chi connectivity index (χ3n) is 2.66. The highest BCUT2D eigenvalue weighted by atomic mass is 16.6. The minimum Gasteiger partial charge on any atom is -0.304 e. The second kappa shape index (κ2) is 4.40. The van der Waals surface area contributed by atoms with Crippen LogP contribution in [0, 0.1) is 17.0 Å². The van der Waals surface area contributed by atoms with Crippen molar-refractivity contribution in [3.8, 4) is 5.69 Å². The number of nitro groups is 1. The molecule has 1 aromatic heterocycles. The summed E-state index contributed by atoms with van der Waals surface area (Å²) in [5, 5.41) is 11.0. The molecule has 6 nitrogen and oxygen atoms in total. The number of ketones is 1. The number of carbonyl (C=O) groups excluding carboxylic acids is 1. The van der Waals surface area contributed by atoms with Crippen LogP contribution in [-0.2, 0) is 0 Å². The molecule has 1 aromatic carbocycles. The highest BCUT2D eigenvalue weighted by Crippen LogP contribution is 2.23. The Morgan fingerprint density at radius 1 is 1.44 bits per heavy atom. The lowest BCUT2D eigenvalue weighted by Crippen LogP contribution is -2.03. The predicted octanol–water partition coefficient (Wildman–Crippen LogP) is 2.29. The lowest BCUT2D eigenvalue weighted by molar-refractivity contribution is -0.385. The lowest BCUT2D eigenvalue weighted by atomic mass is 10.1. The van der Waals surface area contributed by atoms with Crippen LogP contribution in [-0.4, -0.2) is 20.3 Å². The topological polar surface area (TPSA) is 78.0 Å². The summed E-state index contributed by atoms with van der Waals surface area (Å²) in [5.41, 5.74) is 0.538. The molecule has 0 aliphatic rings. The Balaban J connectivity index is 2.60. The number of hydrogen-bond donors (Lipinski definition) is 0. The van der Waals surface area contributed by atoms with Crippen molar-refractivity contribution in [3.63, 3.8) is 0 Å². The number of Topliss-reactive ketones (excluding diaryl/α,β-unsaturated/α-hetero) is 1. The van der Waals surface area contributed by atoms with Crippen molar-refractivity contribution in [1.29, 1.82) is 0 Å². The smallest absolute Gasteiger partial charge is 0.282 e. The molecular weight excluding hydrogens is 234 g/mol. The van der Waals surface area contributed by atoms with E-state index >= 15 is 0 Å². The number of hydrogen-bond acceptors (Lipinski definition) is 4. The number of imidazole rings is 1. The Morgan fingerprint density at radius 3 is 2.67 bits per heavy atom. The van der Waals surface area contributed by atoms with Crippen molar-refractivity contribution >= 4 is 11.5 Å². The zero-order valence-corrected chi connectivity index (χ0v) is 9.95. The summed E-state index contributed by atoms with van der Waals surface area (Å²) in [6.45, 7) is 3.11. The Kier molecular flexibility index (Phi) is 2.93. The van der Waals surface area contributed by atoms with Crippen LogP contribution in [0.1, 0.15) is 23.1 Å². The van der Waals surface area contributed by atoms with Crippen LogP contribution in [0.4, 0.5) is 5.69 Å². The van der Waals surface area contributed by atoms with E-state index in [1.807, 2.05) is 0 Å². The third kappa shape index (κ3) is 2.00. The van der Waals surface area contributed by atoms with Crippen molar-refractivity contribution in [3.05, 3.63) is 52.1 Å². The Labute approximate surface area is 103 Å². The van der Waals surface area contributed by atoms with Crippen molar-refractivity contribution in [2.45, 2.75) is 13.8 Å². The number of rotatable bonds is 3. The number of aryl methyl sites for hydroxylation is 1. The number of aromatic nitrogens is 2. The molecule has 0 bridgehead atoms. The lowest BCUT2D eigenvalue weighted by Gasteiger charge is -2.06. The highest BCUT2D eigenvalue weighted by molar-refractivity contribution is 5.98. The monoisotopic (exact) mass is 245 g/mol. The fourth-order valence-electron chi connectivity index (χ4n) is 1.77. The van der Waals surface area contributed by atoms with E-state index in [4.69, 9.17) is 0 Å². The first-order chi connectivity index (χ1) is 8.50. The van der Waals surface area contributed by atoms with Gasteiger partial charge in [-0.25, -0.2) is 4.98 Å². The minimum atomic E-state index is -0.549. The summed E-state index contributed by atoms with van der Waals surface area (Å²) < 4.78 is 1.72. The quantitative estimate of drug-likeness (QED) is 0.472. The first-order valence-corrected chi connectivity index (χ1v) is 5.30. The van der Waals surface area contributed by atoms with Crippen LogP contribution >= 0.6 is 0 Å². The molecule has 0 unspecified atom stereocenters. The molecule has 2 rings (SSSR count). The van der Waals surface area contributed by atoms with Crippen LogP contribution in [0.25, 0.3) is 5.69 Å². The zero-order chi connectivity index (χ0) is 13.3. The SMILES string of the molecule is CC(=O)c1ccc(-n2ccnc2C)cc1[N+](=O)[O-]. The van der Waals surface area contributed by atoms with Gasteiger partial charge in [-0.1, -0.05) is 0 Å². The summed E-state index contributed by atoms with van der Waals surface area (Å²) in [6, 6.07) is 4.51. The van der Waals surface area contributed by atoms with Gasteiger partial charge in [0.15, 0.2) is 5.78 Å². The zero-order valence-electron chi connectivity index (χ0n) is 9.95. The number of nitrogens with zero attached hydrogens (tertiary/aromatic N) is 3. The largest absolute Gasteiger partial charge is 0.304 e. The van der Waals surface area contributed by atoms with Crippen LogP contribution in [0.2, 0.25) is 0 Å². The predicted molar refractivity (Wildman–Crippen MR) is 65.0 cm³/mol. The van der Waals surface area contributed by atoms with Crippen LogP contribution < -0.4 is 0 Å². The molecule has 0 saturated carbocycles. The summed E-state index contributed by atoms with van der Waals surface area (Å²) in [5.74, 6) is 0.399. The summed E-state index contributed by atoms with van der Waals surface area (Å²) in [4.78, 5) is 25.8. The molecule has 0 amide bonds. The maximum atomic E-state index is 11.3. The van der Waals surface area contributed by atoms with E-state index in [1.165, 1.54) is 19.1 Å². The fourth-order valence-corrected chi connectivity index (χ4v) is 1.77. The summed E-state index contributed by atoms with van der Waals surface area (Å²) >= 11 is 0. The van der Waals surface area contributed by atoms with E-state index in [0.29, 0.717) is 5.69 Å². The molecule has 2 aromatic rings. The Morgan fingerprint density at radius 2 is 2.17 bits per heavy atom. The third-order valence-corrected chi connectivity index (χ3v) is 2.66. The van der Waals surface area contributed by atoms with E-state index in [2.05, 4.69) is 4.98 Å². The molecule has 92 valence electrons. The fraction of sp³-hybridized carbons (Fsp3) is 0.167. The van der Waals surface area contributed by atoms with E-state index in [1.54, 1.807) is 30.0 Å². The summed E-state index contributed by atoms with van der Waals surface area (Å²) in [6.07, 6.45) is 3.32. The highest BCUT2D eigenvalue weighted by Gasteiger charge is 2.18. The number of benzene rings is 1. The molecule has 0 saturated heterocycles. The first kappa shape index (κ1) is 12.0. The molecule has 18 heavy (non-hydrogen) atoms. The molecule has 0 N–H and O–H groups in total. The number of nitro benzene ring substituents is 1. The van der Waals surface area contributed by atoms with Crippen LogP contribution in [0.5, 0.6) is 0 Å². The van der Waals surface area contributed by atoms with Gasteiger partial charge >= 0.3 is 0 Å². The molecule has 0 atom stereocenters. The van der Waals surface area contributed by atoms with E-state index in [0.717, 1.165) is 5.82 Å². The second-order valence-corrected chi connectivity index (χ2v) is 3.86. The van der Waals surface area contributed by atoms with E-state index < -0.39 is 4.92 Å².